The molecular weight excluding hydrogens is 230 g/mol. The van der Waals surface area contributed by atoms with Crippen molar-refractivity contribution in [2.75, 3.05) is 38.3 Å². The van der Waals surface area contributed by atoms with Crippen molar-refractivity contribution in [2.45, 2.75) is 19.1 Å². The Labute approximate surface area is 108 Å². The molecule has 0 spiro atoms. The highest BCUT2D eigenvalue weighted by molar-refractivity contribution is 5.40. The smallest absolute Gasteiger partial charge is 0.128 e. The minimum absolute atomic E-state index is 0.206. The average Bonchev–Trinajstić information content (AvgIpc) is 2.82. The fourth-order valence-electron chi connectivity index (χ4n) is 2.07. The monoisotopic (exact) mass is 251 g/mol. The minimum atomic E-state index is -0.206. The first-order valence-corrected chi connectivity index (χ1v) is 6.37. The van der Waals surface area contributed by atoms with Crippen LogP contribution in [-0.4, -0.2) is 49.5 Å². The van der Waals surface area contributed by atoms with Gasteiger partial charge in [0.1, 0.15) is 5.82 Å². The van der Waals surface area contributed by atoms with E-state index >= 15 is 0 Å². The molecule has 1 aromatic heterocycles. The molecule has 1 aromatic rings. The molecule has 1 fully saturated rings. The van der Waals surface area contributed by atoms with E-state index in [1.807, 2.05) is 12.3 Å². The van der Waals surface area contributed by atoms with Crippen molar-refractivity contribution in [1.82, 2.24) is 10.3 Å². The molecule has 0 amide bonds. The number of hydrogen-bond acceptors (Lipinski definition) is 5. The van der Waals surface area contributed by atoms with Crippen molar-refractivity contribution in [1.29, 1.82) is 0 Å². The molecule has 0 aromatic carbocycles. The molecule has 0 radical (unpaired) electrons. The average molecular weight is 251 g/mol. The highest BCUT2D eigenvalue weighted by Gasteiger charge is 2.20. The fraction of sp³-hybridized carbons (Fsp3) is 0.615. The number of nitrogens with one attached hydrogen (secondary N) is 1. The number of hydrogen-bond donors (Lipinski definition) is 2. The van der Waals surface area contributed by atoms with Crippen LogP contribution in [0.3, 0.4) is 0 Å². The Morgan fingerprint density at radius 2 is 2.44 bits per heavy atom. The Morgan fingerprint density at radius 1 is 1.56 bits per heavy atom. The molecule has 5 heteroatoms. The summed E-state index contributed by atoms with van der Waals surface area (Å²) in [6.45, 7) is 3.95. The lowest BCUT2D eigenvalue weighted by Crippen LogP contribution is -2.22. The van der Waals surface area contributed by atoms with Gasteiger partial charge in [0, 0.05) is 39.5 Å². The van der Waals surface area contributed by atoms with Crippen LogP contribution in [0.1, 0.15) is 12.0 Å². The predicted molar refractivity (Wildman–Crippen MR) is 70.7 cm³/mol. The zero-order valence-electron chi connectivity index (χ0n) is 10.8. The van der Waals surface area contributed by atoms with Gasteiger partial charge < -0.3 is 20.1 Å². The van der Waals surface area contributed by atoms with Crippen molar-refractivity contribution >= 4 is 5.82 Å². The van der Waals surface area contributed by atoms with Gasteiger partial charge in [-0.15, -0.1) is 0 Å². The first-order chi connectivity index (χ1) is 8.79. The number of aromatic nitrogens is 1. The summed E-state index contributed by atoms with van der Waals surface area (Å²) >= 11 is 0. The predicted octanol–water partition coefficient (Wildman–Crippen LogP) is 0.389. The van der Waals surface area contributed by atoms with Gasteiger partial charge in [0.25, 0.3) is 0 Å². The van der Waals surface area contributed by atoms with Crippen molar-refractivity contribution in [3.63, 3.8) is 0 Å². The lowest BCUT2D eigenvalue weighted by molar-refractivity contribution is 0.198. The molecular formula is C13H21N3O2. The van der Waals surface area contributed by atoms with Gasteiger partial charge in [-0.3, -0.25) is 0 Å². The second-order valence-electron chi connectivity index (χ2n) is 4.58. The highest BCUT2D eigenvalue weighted by atomic mass is 16.5. The Morgan fingerprint density at radius 3 is 3.06 bits per heavy atom. The van der Waals surface area contributed by atoms with Gasteiger partial charge in [-0.2, -0.15) is 0 Å². The number of aliphatic hydroxyl groups is 1. The number of nitrogens with zero attached hydrogens (tertiary/aromatic N) is 2. The second kappa shape index (κ2) is 6.68. The number of β-amino-alcohol motifs (C(OH)–C–C–N with tert-alkyl or cyclic N) is 1. The molecule has 18 heavy (non-hydrogen) atoms. The molecule has 5 nitrogen and oxygen atoms in total. The van der Waals surface area contributed by atoms with Crippen LogP contribution < -0.4 is 10.2 Å². The SMILES string of the molecule is COCCNCc1ccc(N2CCC(O)C2)nc1. The van der Waals surface area contributed by atoms with Crippen LogP contribution in [0.25, 0.3) is 0 Å². The third-order valence-electron chi connectivity index (χ3n) is 3.11. The largest absolute Gasteiger partial charge is 0.391 e. The summed E-state index contributed by atoms with van der Waals surface area (Å²) in [5.41, 5.74) is 1.16. The molecule has 1 atom stereocenters. The highest BCUT2D eigenvalue weighted by Crippen LogP contribution is 2.17. The maximum Gasteiger partial charge on any atom is 0.128 e. The summed E-state index contributed by atoms with van der Waals surface area (Å²) in [7, 11) is 1.70. The van der Waals surface area contributed by atoms with E-state index in [0.29, 0.717) is 6.54 Å². The Bertz CT molecular complexity index is 356. The van der Waals surface area contributed by atoms with E-state index in [0.717, 1.165) is 44.0 Å². The van der Waals surface area contributed by atoms with Gasteiger partial charge >= 0.3 is 0 Å². The van der Waals surface area contributed by atoms with Crippen LogP contribution >= 0.6 is 0 Å². The van der Waals surface area contributed by atoms with E-state index in [4.69, 9.17) is 4.74 Å². The number of ether oxygens (including phenoxy) is 1. The Kier molecular flexibility index (Phi) is 4.92. The van der Waals surface area contributed by atoms with E-state index in [1.54, 1.807) is 7.11 Å². The molecule has 1 aliphatic rings. The molecule has 0 aliphatic carbocycles. The lowest BCUT2D eigenvalue weighted by atomic mass is 10.3. The van der Waals surface area contributed by atoms with Crippen LogP contribution in [0, 0.1) is 0 Å². The van der Waals surface area contributed by atoms with Crippen LogP contribution in [0.4, 0.5) is 5.82 Å². The minimum Gasteiger partial charge on any atom is -0.391 e. The molecule has 1 aliphatic heterocycles. The number of rotatable bonds is 6. The van der Waals surface area contributed by atoms with E-state index in [1.165, 1.54) is 0 Å². The summed E-state index contributed by atoms with van der Waals surface area (Å²) in [6, 6.07) is 4.10. The molecule has 1 unspecified atom stereocenters. The first-order valence-electron chi connectivity index (χ1n) is 6.37. The zero-order chi connectivity index (χ0) is 12.8. The summed E-state index contributed by atoms with van der Waals surface area (Å²) in [5.74, 6) is 0.951. The number of pyridine rings is 1. The third kappa shape index (κ3) is 3.66. The number of methoxy groups -OCH3 is 1. The quantitative estimate of drug-likeness (QED) is 0.716. The van der Waals surface area contributed by atoms with Gasteiger partial charge in [-0.1, -0.05) is 6.07 Å². The van der Waals surface area contributed by atoms with Crippen molar-refractivity contribution in [2.24, 2.45) is 0 Å². The molecule has 0 bridgehead atoms. The van der Waals surface area contributed by atoms with Gasteiger partial charge in [0.15, 0.2) is 0 Å². The number of aliphatic hydroxyl groups excluding tert-OH is 1. The van der Waals surface area contributed by atoms with Crippen molar-refractivity contribution in [3.05, 3.63) is 23.9 Å². The standard InChI is InChI=1S/C13H21N3O2/c1-18-7-5-14-8-11-2-3-13(15-9-11)16-6-4-12(17)10-16/h2-3,9,12,14,17H,4-8,10H2,1H3. The third-order valence-corrected chi connectivity index (χ3v) is 3.11. The topological polar surface area (TPSA) is 57.6 Å². The van der Waals surface area contributed by atoms with E-state index in [9.17, 15) is 5.11 Å². The van der Waals surface area contributed by atoms with Crippen molar-refractivity contribution in [3.8, 4) is 0 Å². The summed E-state index contributed by atoms with van der Waals surface area (Å²) in [4.78, 5) is 6.56. The maximum atomic E-state index is 9.49. The zero-order valence-corrected chi connectivity index (χ0v) is 10.8. The van der Waals surface area contributed by atoms with E-state index < -0.39 is 0 Å². The Balaban J connectivity index is 1.82. The van der Waals surface area contributed by atoms with E-state index in [-0.39, 0.29) is 6.10 Å². The summed E-state index contributed by atoms with van der Waals surface area (Å²) in [5, 5.41) is 12.8. The Hall–Kier alpha value is -1.17. The molecule has 2 rings (SSSR count). The van der Waals surface area contributed by atoms with Gasteiger partial charge in [0.2, 0.25) is 0 Å². The lowest BCUT2D eigenvalue weighted by Gasteiger charge is -2.16. The summed E-state index contributed by atoms with van der Waals surface area (Å²) < 4.78 is 4.97. The maximum absolute atomic E-state index is 9.49. The van der Waals surface area contributed by atoms with Crippen LogP contribution in [0.15, 0.2) is 18.3 Å². The fourth-order valence-corrected chi connectivity index (χ4v) is 2.07. The van der Waals surface area contributed by atoms with Crippen LogP contribution in [0.5, 0.6) is 0 Å². The van der Waals surface area contributed by atoms with Gasteiger partial charge in [0.05, 0.1) is 12.7 Å². The molecule has 2 N–H and O–H groups in total. The summed E-state index contributed by atoms with van der Waals surface area (Å²) in [6.07, 6.45) is 2.52. The second-order valence-corrected chi connectivity index (χ2v) is 4.58. The van der Waals surface area contributed by atoms with Crippen molar-refractivity contribution < 1.29 is 9.84 Å². The molecule has 1 saturated heterocycles. The van der Waals surface area contributed by atoms with Gasteiger partial charge in [-0.25, -0.2) is 4.98 Å². The van der Waals surface area contributed by atoms with Crippen LogP contribution in [-0.2, 0) is 11.3 Å². The molecule has 0 saturated carbocycles. The molecule has 2 heterocycles. The first kappa shape index (κ1) is 13.3. The normalized spacial score (nSPS) is 19.4. The van der Waals surface area contributed by atoms with Gasteiger partial charge in [-0.05, 0) is 18.1 Å². The van der Waals surface area contributed by atoms with Crippen LogP contribution in [0.2, 0.25) is 0 Å². The number of anilines is 1. The van der Waals surface area contributed by atoms with E-state index in [2.05, 4.69) is 21.3 Å². The molecule has 100 valence electrons.